The molecule has 0 amide bonds. The molecule has 5 nitrogen and oxygen atoms in total. The highest BCUT2D eigenvalue weighted by Gasteiger charge is 2.51. The van der Waals surface area contributed by atoms with E-state index in [1.54, 1.807) is 14.2 Å². The number of hydrazine groups is 1. The number of hydrogen-bond donors (Lipinski definition) is 1. The van der Waals surface area contributed by atoms with Crippen LogP contribution >= 0.6 is 11.6 Å². The summed E-state index contributed by atoms with van der Waals surface area (Å²) in [5.74, 6) is 2.15. The zero-order valence-corrected chi connectivity index (χ0v) is 22.3. The van der Waals surface area contributed by atoms with E-state index in [0.717, 1.165) is 58.7 Å². The fraction of sp³-hybridized carbons (Fsp3) is 0.219. The Morgan fingerprint density at radius 2 is 1.50 bits per heavy atom. The van der Waals surface area contributed by atoms with Gasteiger partial charge in [-0.05, 0) is 60.1 Å². The van der Waals surface area contributed by atoms with Crippen LogP contribution in [0.4, 0.5) is 0 Å². The molecule has 1 N–H and O–H groups in total. The monoisotopic (exact) mass is 523 g/mol. The molecule has 0 radical (unpaired) electrons. The summed E-state index contributed by atoms with van der Waals surface area (Å²) in [5, 5.41) is 2.38. The van der Waals surface area contributed by atoms with E-state index in [9.17, 15) is 0 Å². The summed E-state index contributed by atoms with van der Waals surface area (Å²) in [5.41, 5.74) is 9.49. The topological polar surface area (TPSA) is 46.1 Å². The predicted molar refractivity (Wildman–Crippen MR) is 152 cm³/mol. The number of fused-ring (bicyclic) bond motifs is 1. The summed E-state index contributed by atoms with van der Waals surface area (Å²) in [7, 11) is 3.33. The van der Waals surface area contributed by atoms with Gasteiger partial charge in [-0.2, -0.15) is 0 Å². The molecular weight excluding hydrogens is 494 g/mol. The quantitative estimate of drug-likeness (QED) is 0.373. The van der Waals surface area contributed by atoms with Crippen LogP contribution < -0.4 is 10.2 Å². The number of nitrogens with one attached hydrogen (secondary N) is 1. The van der Waals surface area contributed by atoms with Crippen LogP contribution in [0.5, 0.6) is 5.75 Å². The summed E-state index contributed by atoms with van der Waals surface area (Å²) in [6, 6.07) is 28.9. The van der Waals surface area contributed by atoms with Crippen LogP contribution in [0.25, 0.3) is 5.57 Å². The molecule has 0 saturated carbocycles. The van der Waals surface area contributed by atoms with Crippen molar-refractivity contribution in [1.29, 1.82) is 0 Å². The second kappa shape index (κ2) is 10.2. The van der Waals surface area contributed by atoms with E-state index >= 15 is 0 Å². The number of aliphatic imine (C=N–C) groups is 1. The Balaban J connectivity index is 1.63. The smallest absolute Gasteiger partial charge is 0.221 e. The first-order valence-electron chi connectivity index (χ1n) is 13.0. The maximum absolute atomic E-state index is 6.99. The molecule has 0 spiro atoms. The second-order valence-electron chi connectivity index (χ2n) is 9.62. The maximum atomic E-state index is 6.99. The van der Waals surface area contributed by atoms with Crippen molar-refractivity contribution in [2.24, 2.45) is 4.99 Å². The Bertz CT molecular complexity index is 1420. The van der Waals surface area contributed by atoms with Gasteiger partial charge in [0.05, 0.1) is 19.8 Å². The van der Waals surface area contributed by atoms with Crippen molar-refractivity contribution >= 4 is 22.3 Å². The molecule has 3 aromatic carbocycles. The normalized spacial score (nSPS) is 18.7. The minimum Gasteiger partial charge on any atom is -0.497 e. The number of allylic oxidation sites excluding steroid dienone is 2. The average molecular weight is 524 g/mol. The molecule has 0 saturated heterocycles. The molecule has 0 bridgehead atoms. The van der Waals surface area contributed by atoms with E-state index in [-0.39, 0.29) is 0 Å². The van der Waals surface area contributed by atoms with E-state index in [4.69, 9.17) is 26.1 Å². The van der Waals surface area contributed by atoms with Gasteiger partial charge >= 0.3 is 0 Å². The van der Waals surface area contributed by atoms with Crippen molar-refractivity contribution in [3.8, 4) is 5.75 Å². The van der Waals surface area contributed by atoms with Crippen molar-refractivity contribution in [2.75, 3.05) is 14.2 Å². The molecule has 0 unspecified atom stereocenters. The van der Waals surface area contributed by atoms with Gasteiger partial charge in [-0.1, -0.05) is 90.5 Å². The van der Waals surface area contributed by atoms with Crippen molar-refractivity contribution in [2.45, 2.75) is 31.2 Å². The Morgan fingerprint density at radius 3 is 2.05 bits per heavy atom. The Labute approximate surface area is 228 Å². The van der Waals surface area contributed by atoms with Gasteiger partial charge in [0, 0.05) is 5.57 Å². The first kappa shape index (κ1) is 24.5. The molecule has 1 aliphatic carbocycles. The van der Waals surface area contributed by atoms with Crippen LogP contribution in [0.15, 0.2) is 119 Å². The van der Waals surface area contributed by atoms with Crippen LogP contribution in [0.1, 0.15) is 42.4 Å². The zero-order chi connectivity index (χ0) is 26.1. The molecule has 38 heavy (non-hydrogen) atoms. The summed E-state index contributed by atoms with van der Waals surface area (Å²) in [4.78, 5) is 5.06. The third-order valence-corrected chi connectivity index (χ3v) is 7.79. The van der Waals surface area contributed by atoms with Crippen molar-refractivity contribution < 1.29 is 9.47 Å². The van der Waals surface area contributed by atoms with Crippen LogP contribution in [0.3, 0.4) is 0 Å². The third kappa shape index (κ3) is 3.94. The van der Waals surface area contributed by atoms with E-state index in [0.29, 0.717) is 11.1 Å². The summed E-state index contributed by atoms with van der Waals surface area (Å²) >= 11 is 6.99. The minimum absolute atomic E-state index is 0.394. The van der Waals surface area contributed by atoms with E-state index in [2.05, 4.69) is 72.2 Å². The van der Waals surface area contributed by atoms with Gasteiger partial charge in [-0.3, -0.25) is 0 Å². The van der Waals surface area contributed by atoms with Gasteiger partial charge in [0.2, 0.25) is 5.88 Å². The van der Waals surface area contributed by atoms with Gasteiger partial charge in [-0.15, -0.1) is 0 Å². The minimum atomic E-state index is -0.680. The molecule has 0 fully saturated rings. The number of benzene rings is 3. The van der Waals surface area contributed by atoms with Gasteiger partial charge in [-0.25, -0.2) is 15.4 Å². The molecule has 6 rings (SSSR count). The Morgan fingerprint density at radius 1 is 0.842 bits per heavy atom. The molecule has 0 aromatic heterocycles. The summed E-state index contributed by atoms with van der Waals surface area (Å²) in [6.07, 6.45) is 6.75. The molecule has 3 aromatic rings. The number of nitrogens with zero attached hydrogens (tertiary/aromatic N) is 2. The van der Waals surface area contributed by atoms with Gasteiger partial charge in [0.25, 0.3) is 0 Å². The lowest BCUT2D eigenvalue weighted by Gasteiger charge is -2.36. The van der Waals surface area contributed by atoms with Gasteiger partial charge < -0.3 is 9.47 Å². The molecule has 3 aliphatic rings. The first-order chi connectivity index (χ1) is 18.7. The summed E-state index contributed by atoms with van der Waals surface area (Å²) in [6.45, 7) is 0. The van der Waals surface area contributed by atoms with E-state index in [1.165, 1.54) is 12.0 Å². The lowest BCUT2D eigenvalue weighted by molar-refractivity contribution is 0.133. The fourth-order valence-electron chi connectivity index (χ4n) is 5.76. The standard InChI is InChI=1S/C32H30ClN3O2/c1-37-26-20-18-22(19-21-26)27-29(33)34-30-28(23-12-6-3-7-13-23)32(24-14-8-4-9-15-24,25-16-10-5-11-17-25)35-36(30)31(27)38-2/h4-5,8-12,14-21,35H,3,6-7,13H2,1-2H3. The number of rotatable bonds is 6. The molecule has 6 heteroatoms. The van der Waals surface area contributed by atoms with Crippen molar-refractivity contribution in [3.63, 3.8) is 0 Å². The number of methoxy groups -OCH3 is 2. The van der Waals surface area contributed by atoms with Crippen LogP contribution in [-0.4, -0.2) is 24.4 Å². The highest BCUT2D eigenvalue weighted by atomic mass is 35.5. The number of halogens is 1. The molecule has 2 heterocycles. The zero-order valence-electron chi connectivity index (χ0n) is 21.6. The largest absolute Gasteiger partial charge is 0.497 e. The molecule has 192 valence electrons. The average Bonchev–Trinajstić information content (AvgIpc) is 3.33. The lowest BCUT2D eigenvalue weighted by Crippen LogP contribution is -2.48. The predicted octanol–water partition coefficient (Wildman–Crippen LogP) is 7.14. The third-order valence-electron chi connectivity index (χ3n) is 7.51. The first-order valence-corrected chi connectivity index (χ1v) is 13.4. The second-order valence-corrected chi connectivity index (χ2v) is 9.98. The Kier molecular flexibility index (Phi) is 6.56. The molecular formula is C32H30ClN3O2. The van der Waals surface area contributed by atoms with Gasteiger partial charge in [0.1, 0.15) is 16.5 Å². The number of ether oxygens (including phenoxy) is 2. The van der Waals surface area contributed by atoms with Gasteiger partial charge in [0.15, 0.2) is 5.82 Å². The number of hydrogen-bond acceptors (Lipinski definition) is 5. The van der Waals surface area contributed by atoms with Crippen LogP contribution in [0, 0.1) is 0 Å². The van der Waals surface area contributed by atoms with E-state index < -0.39 is 5.54 Å². The lowest BCUT2D eigenvalue weighted by atomic mass is 9.73. The van der Waals surface area contributed by atoms with Crippen LogP contribution in [-0.2, 0) is 10.3 Å². The van der Waals surface area contributed by atoms with Crippen molar-refractivity contribution in [1.82, 2.24) is 10.4 Å². The molecule has 2 aliphatic heterocycles. The SMILES string of the molecule is COC1=C(c2ccc(OC)cc2)C(Cl)=NC2=C(C3=CCCCC3)C(c3ccccc3)(c3ccccc3)NN21. The fourth-order valence-corrected chi connectivity index (χ4v) is 6.03. The molecule has 0 atom stereocenters. The van der Waals surface area contributed by atoms with Crippen molar-refractivity contribution in [3.05, 3.63) is 131 Å². The van der Waals surface area contributed by atoms with Crippen LogP contribution in [0.2, 0.25) is 0 Å². The maximum Gasteiger partial charge on any atom is 0.221 e. The highest BCUT2D eigenvalue weighted by Crippen LogP contribution is 2.51. The highest BCUT2D eigenvalue weighted by molar-refractivity contribution is 6.76. The Hall–Kier alpha value is -3.80. The van der Waals surface area contributed by atoms with E-state index in [1.807, 2.05) is 29.3 Å². The summed E-state index contributed by atoms with van der Waals surface area (Å²) < 4.78 is 11.5.